The van der Waals surface area contributed by atoms with Crippen molar-refractivity contribution in [3.8, 4) is 0 Å². The zero-order chi connectivity index (χ0) is 17.3. The summed E-state index contributed by atoms with van der Waals surface area (Å²) < 4.78 is 5.33. The summed E-state index contributed by atoms with van der Waals surface area (Å²) in [6.45, 7) is 2.48. The second kappa shape index (κ2) is 6.65. The van der Waals surface area contributed by atoms with Crippen LogP contribution < -0.4 is 0 Å². The predicted molar refractivity (Wildman–Crippen MR) is 89.9 cm³/mol. The minimum Gasteiger partial charge on any atom is -0.481 e. The third kappa shape index (κ3) is 3.14. The topological polar surface area (TPSA) is 82.6 Å². The van der Waals surface area contributed by atoms with E-state index in [2.05, 4.69) is 4.98 Å². The Hall–Kier alpha value is -2.34. The molecule has 1 aromatic carbocycles. The number of aromatic amines is 1. The monoisotopic (exact) mass is 330 g/mol. The minimum absolute atomic E-state index is 0.0431. The number of methoxy groups -OCH3 is 1. The number of carboxylic acids is 1. The standard InChI is InChI=1S/C18H22N2O4/c1-11-4-3-5-15-18(11)12(9-19-15)6-16(21)20-10-14(24-2)7-13(20)8-17(22)23/h3-5,9,13-14,19H,6-8,10H2,1-2H3,(H,22,23). The van der Waals surface area contributed by atoms with Crippen molar-refractivity contribution in [1.82, 2.24) is 9.88 Å². The lowest BCUT2D eigenvalue weighted by Gasteiger charge is -2.23. The number of benzene rings is 1. The normalized spacial score (nSPS) is 20.7. The van der Waals surface area contributed by atoms with Gasteiger partial charge in [-0.2, -0.15) is 0 Å². The molecule has 1 amide bonds. The zero-order valence-corrected chi connectivity index (χ0v) is 13.9. The molecule has 128 valence electrons. The van der Waals surface area contributed by atoms with E-state index in [-0.39, 0.29) is 30.9 Å². The number of nitrogens with zero attached hydrogens (tertiary/aromatic N) is 1. The lowest BCUT2D eigenvalue weighted by molar-refractivity contribution is -0.139. The van der Waals surface area contributed by atoms with Gasteiger partial charge in [0.1, 0.15) is 0 Å². The number of amides is 1. The molecular weight excluding hydrogens is 308 g/mol. The number of carboxylic acid groups (broad SMARTS) is 1. The van der Waals surface area contributed by atoms with E-state index in [1.807, 2.05) is 31.3 Å². The third-order valence-corrected chi connectivity index (χ3v) is 4.78. The lowest BCUT2D eigenvalue weighted by atomic mass is 10.0. The fraction of sp³-hybridized carbons (Fsp3) is 0.444. The van der Waals surface area contributed by atoms with Crippen LogP contribution in [0.1, 0.15) is 24.0 Å². The van der Waals surface area contributed by atoms with Gasteiger partial charge < -0.3 is 19.7 Å². The Labute approximate surface area is 140 Å². The van der Waals surface area contributed by atoms with Crippen molar-refractivity contribution >= 4 is 22.8 Å². The van der Waals surface area contributed by atoms with Crippen molar-refractivity contribution in [1.29, 1.82) is 0 Å². The summed E-state index contributed by atoms with van der Waals surface area (Å²) in [7, 11) is 1.60. The van der Waals surface area contributed by atoms with Crippen LogP contribution in [0, 0.1) is 6.92 Å². The molecule has 0 saturated carbocycles. The fourth-order valence-corrected chi connectivity index (χ4v) is 3.60. The van der Waals surface area contributed by atoms with Crippen LogP contribution in [0.2, 0.25) is 0 Å². The first-order valence-electron chi connectivity index (χ1n) is 8.09. The van der Waals surface area contributed by atoms with Crippen molar-refractivity contribution in [2.24, 2.45) is 0 Å². The van der Waals surface area contributed by atoms with Gasteiger partial charge in [-0.3, -0.25) is 9.59 Å². The van der Waals surface area contributed by atoms with Gasteiger partial charge in [0.25, 0.3) is 0 Å². The number of fused-ring (bicyclic) bond motifs is 1. The number of aliphatic carboxylic acids is 1. The summed E-state index contributed by atoms with van der Waals surface area (Å²) in [4.78, 5) is 28.7. The molecule has 24 heavy (non-hydrogen) atoms. The molecule has 0 aliphatic carbocycles. The molecule has 1 fully saturated rings. The summed E-state index contributed by atoms with van der Waals surface area (Å²) >= 11 is 0. The first-order chi connectivity index (χ1) is 11.5. The van der Waals surface area contributed by atoms with E-state index in [0.29, 0.717) is 13.0 Å². The Morgan fingerprint density at radius 2 is 2.21 bits per heavy atom. The molecular formula is C18H22N2O4. The number of H-pyrrole nitrogens is 1. The molecule has 1 aliphatic heterocycles. The molecule has 2 aromatic rings. The van der Waals surface area contributed by atoms with Crippen LogP contribution >= 0.6 is 0 Å². The van der Waals surface area contributed by atoms with Crippen molar-refractivity contribution in [2.75, 3.05) is 13.7 Å². The van der Waals surface area contributed by atoms with Gasteiger partial charge in [-0.1, -0.05) is 12.1 Å². The molecule has 2 atom stereocenters. The van der Waals surface area contributed by atoms with Crippen molar-refractivity contribution in [2.45, 2.75) is 38.3 Å². The number of aryl methyl sites for hydroxylation is 1. The zero-order valence-electron chi connectivity index (χ0n) is 13.9. The number of ether oxygens (including phenoxy) is 1. The molecule has 0 radical (unpaired) electrons. The summed E-state index contributed by atoms with van der Waals surface area (Å²) in [5, 5.41) is 10.2. The number of rotatable bonds is 5. The summed E-state index contributed by atoms with van der Waals surface area (Å²) in [6, 6.07) is 5.69. The van der Waals surface area contributed by atoms with Gasteiger partial charge in [-0.05, 0) is 30.5 Å². The molecule has 3 rings (SSSR count). The maximum absolute atomic E-state index is 12.8. The number of hydrogen-bond donors (Lipinski definition) is 2. The van der Waals surface area contributed by atoms with E-state index in [0.717, 1.165) is 22.0 Å². The Morgan fingerprint density at radius 1 is 1.42 bits per heavy atom. The fourth-order valence-electron chi connectivity index (χ4n) is 3.60. The first kappa shape index (κ1) is 16.5. The highest BCUT2D eigenvalue weighted by Crippen LogP contribution is 2.26. The number of carbonyl (C=O) groups is 2. The second-order valence-electron chi connectivity index (χ2n) is 6.38. The van der Waals surface area contributed by atoms with Crippen LogP contribution in [0.25, 0.3) is 10.9 Å². The smallest absolute Gasteiger partial charge is 0.305 e. The van der Waals surface area contributed by atoms with Crippen LogP contribution in [0.15, 0.2) is 24.4 Å². The van der Waals surface area contributed by atoms with Gasteiger partial charge in [-0.15, -0.1) is 0 Å². The first-order valence-corrected chi connectivity index (χ1v) is 8.09. The Kier molecular flexibility index (Phi) is 4.57. The van der Waals surface area contributed by atoms with E-state index >= 15 is 0 Å². The van der Waals surface area contributed by atoms with Crippen molar-refractivity contribution < 1.29 is 19.4 Å². The number of likely N-dealkylation sites (tertiary alicyclic amines) is 1. The Bertz CT molecular complexity index is 767. The maximum Gasteiger partial charge on any atom is 0.305 e. The molecule has 2 unspecified atom stereocenters. The van der Waals surface area contributed by atoms with Crippen LogP contribution in [0.4, 0.5) is 0 Å². The van der Waals surface area contributed by atoms with Crippen LogP contribution in [-0.4, -0.2) is 52.7 Å². The van der Waals surface area contributed by atoms with Gasteiger partial charge in [0, 0.05) is 36.8 Å². The highest BCUT2D eigenvalue weighted by Gasteiger charge is 2.36. The predicted octanol–water partition coefficient (Wildman–Crippen LogP) is 2.11. The van der Waals surface area contributed by atoms with Crippen molar-refractivity contribution in [3.05, 3.63) is 35.5 Å². The molecule has 2 heterocycles. The number of nitrogens with one attached hydrogen (secondary N) is 1. The van der Waals surface area contributed by atoms with E-state index in [1.165, 1.54) is 0 Å². The molecule has 0 bridgehead atoms. The summed E-state index contributed by atoms with van der Waals surface area (Å²) in [5.41, 5.74) is 3.08. The highest BCUT2D eigenvalue weighted by atomic mass is 16.5. The number of aromatic nitrogens is 1. The largest absolute Gasteiger partial charge is 0.481 e. The molecule has 6 nitrogen and oxygen atoms in total. The quantitative estimate of drug-likeness (QED) is 0.879. The van der Waals surface area contributed by atoms with Crippen LogP contribution in [0.3, 0.4) is 0 Å². The van der Waals surface area contributed by atoms with Gasteiger partial charge >= 0.3 is 5.97 Å². The Balaban J connectivity index is 1.81. The van der Waals surface area contributed by atoms with E-state index in [9.17, 15) is 9.59 Å². The molecule has 1 saturated heterocycles. The van der Waals surface area contributed by atoms with Gasteiger partial charge in [0.2, 0.25) is 5.91 Å². The molecule has 6 heteroatoms. The average molecular weight is 330 g/mol. The van der Waals surface area contributed by atoms with Crippen molar-refractivity contribution in [3.63, 3.8) is 0 Å². The van der Waals surface area contributed by atoms with Crippen LogP contribution in [0.5, 0.6) is 0 Å². The molecule has 1 aliphatic rings. The number of hydrogen-bond acceptors (Lipinski definition) is 3. The highest BCUT2D eigenvalue weighted by molar-refractivity contribution is 5.91. The molecule has 0 spiro atoms. The minimum atomic E-state index is -0.891. The summed E-state index contributed by atoms with van der Waals surface area (Å²) in [5.74, 6) is -0.942. The number of carbonyl (C=O) groups excluding carboxylic acids is 1. The molecule has 1 aromatic heterocycles. The lowest BCUT2D eigenvalue weighted by Crippen LogP contribution is -2.38. The average Bonchev–Trinajstić information content (AvgIpc) is 3.12. The third-order valence-electron chi connectivity index (χ3n) is 4.78. The van der Waals surface area contributed by atoms with Crippen LogP contribution in [-0.2, 0) is 20.7 Å². The summed E-state index contributed by atoms with van der Waals surface area (Å²) in [6.07, 6.45) is 2.56. The molecule has 2 N–H and O–H groups in total. The second-order valence-corrected chi connectivity index (χ2v) is 6.38. The van der Waals surface area contributed by atoms with E-state index in [4.69, 9.17) is 9.84 Å². The maximum atomic E-state index is 12.8. The van der Waals surface area contributed by atoms with E-state index in [1.54, 1.807) is 12.0 Å². The van der Waals surface area contributed by atoms with Gasteiger partial charge in [0.15, 0.2) is 0 Å². The van der Waals surface area contributed by atoms with E-state index < -0.39 is 5.97 Å². The Morgan fingerprint density at radius 3 is 2.92 bits per heavy atom. The van der Waals surface area contributed by atoms with Gasteiger partial charge in [-0.25, -0.2) is 0 Å². The SMILES string of the molecule is COC1CC(CC(=O)O)N(C(=O)Cc2c[nH]c3cccc(C)c23)C1. The van der Waals surface area contributed by atoms with Gasteiger partial charge in [0.05, 0.1) is 18.9 Å².